The molecule has 1 aliphatic rings. The lowest BCUT2D eigenvalue weighted by Crippen LogP contribution is -2.36. The molecule has 0 saturated heterocycles. The number of carbonyl (C=O) groups excluding carboxylic acids is 1. The Kier molecular flexibility index (Phi) is 6.39. The number of anilines is 1. The summed E-state index contributed by atoms with van der Waals surface area (Å²) in [6.45, 7) is 0.703. The van der Waals surface area contributed by atoms with Gasteiger partial charge in [-0.3, -0.25) is 4.79 Å². The maximum atomic E-state index is 13.3. The van der Waals surface area contributed by atoms with Crippen molar-refractivity contribution in [3.63, 3.8) is 0 Å². The molecule has 0 atom stereocenters. The van der Waals surface area contributed by atoms with Crippen LogP contribution in [0.2, 0.25) is 5.02 Å². The first-order valence-corrected chi connectivity index (χ1v) is 12.7. The summed E-state index contributed by atoms with van der Waals surface area (Å²) in [5.41, 5.74) is 2.90. The van der Waals surface area contributed by atoms with E-state index in [2.05, 4.69) is 5.32 Å². The third kappa shape index (κ3) is 4.65. The lowest BCUT2D eigenvalue weighted by molar-refractivity contribution is 0.102. The highest BCUT2D eigenvalue weighted by atomic mass is 35.5. The van der Waals surface area contributed by atoms with Gasteiger partial charge in [-0.25, -0.2) is 8.42 Å². The van der Waals surface area contributed by atoms with E-state index in [4.69, 9.17) is 11.6 Å². The largest absolute Gasteiger partial charge is 0.322 e. The number of carbonyl (C=O) groups is 1. The third-order valence-electron chi connectivity index (χ3n) is 5.24. The van der Waals surface area contributed by atoms with Gasteiger partial charge in [0, 0.05) is 23.7 Å². The standard InChI is InChI=1S/C23H21ClN2O3S2/c1-30-19-8-4-7-18(13-19)25-23(27)21-14-20(9-10-22(21)24)31(28,29)26-12-11-16-5-2-3-6-17(16)15-26/h2-10,13-14H,11-12,15H2,1H3,(H,25,27). The van der Waals surface area contributed by atoms with Gasteiger partial charge in [-0.1, -0.05) is 41.9 Å². The first-order chi connectivity index (χ1) is 14.9. The van der Waals surface area contributed by atoms with Crippen LogP contribution in [-0.2, 0) is 23.0 Å². The summed E-state index contributed by atoms with van der Waals surface area (Å²) < 4.78 is 28.0. The molecule has 1 amide bonds. The molecule has 0 fully saturated rings. The average molecular weight is 473 g/mol. The third-order valence-corrected chi connectivity index (χ3v) is 8.14. The number of rotatable bonds is 5. The zero-order chi connectivity index (χ0) is 22.0. The molecular formula is C23H21ClN2O3S2. The Morgan fingerprint density at radius 3 is 2.58 bits per heavy atom. The van der Waals surface area contributed by atoms with Crippen LogP contribution in [0, 0.1) is 0 Å². The van der Waals surface area contributed by atoms with Gasteiger partial charge >= 0.3 is 0 Å². The monoisotopic (exact) mass is 472 g/mol. The number of hydrogen-bond acceptors (Lipinski definition) is 4. The molecule has 1 heterocycles. The Balaban J connectivity index is 1.60. The summed E-state index contributed by atoms with van der Waals surface area (Å²) in [6.07, 6.45) is 2.60. The molecule has 5 nitrogen and oxygen atoms in total. The van der Waals surface area contributed by atoms with Crippen molar-refractivity contribution in [1.29, 1.82) is 0 Å². The van der Waals surface area contributed by atoms with E-state index in [0.717, 1.165) is 16.0 Å². The molecule has 0 unspecified atom stereocenters. The second-order valence-electron chi connectivity index (χ2n) is 7.19. The fraction of sp³-hybridized carbons (Fsp3) is 0.174. The maximum absolute atomic E-state index is 13.3. The van der Waals surface area contributed by atoms with Crippen LogP contribution in [0.15, 0.2) is 76.5 Å². The van der Waals surface area contributed by atoms with Crippen LogP contribution in [0.4, 0.5) is 5.69 Å². The Morgan fingerprint density at radius 2 is 1.81 bits per heavy atom. The normalized spacial score (nSPS) is 14.1. The van der Waals surface area contributed by atoms with Crippen LogP contribution in [-0.4, -0.2) is 31.4 Å². The summed E-state index contributed by atoms with van der Waals surface area (Å²) >= 11 is 7.81. The van der Waals surface area contributed by atoms with Crippen molar-refractivity contribution in [2.75, 3.05) is 18.1 Å². The quantitative estimate of drug-likeness (QED) is 0.527. The van der Waals surface area contributed by atoms with Crippen molar-refractivity contribution < 1.29 is 13.2 Å². The predicted molar refractivity (Wildman–Crippen MR) is 125 cm³/mol. The van der Waals surface area contributed by atoms with Gasteiger partial charge in [0.15, 0.2) is 0 Å². The second-order valence-corrected chi connectivity index (χ2v) is 10.4. The number of benzene rings is 3. The number of hydrogen-bond donors (Lipinski definition) is 1. The van der Waals surface area contributed by atoms with Crippen LogP contribution >= 0.6 is 23.4 Å². The molecule has 1 aliphatic heterocycles. The highest BCUT2D eigenvalue weighted by Crippen LogP contribution is 2.28. The molecule has 0 spiro atoms. The zero-order valence-corrected chi connectivity index (χ0v) is 19.2. The molecule has 1 N–H and O–H groups in total. The average Bonchev–Trinajstić information content (AvgIpc) is 2.79. The summed E-state index contributed by atoms with van der Waals surface area (Å²) in [7, 11) is -3.77. The molecular weight excluding hydrogens is 452 g/mol. The summed E-state index contributed by atoms with van der Waals surface area (Å²) in [5.74, 6) is -0.454. The highest BCUT2D eigenvalue weighted by molar-refractivity contribution is 7.98. The van der Waals surface area contributed by atoms with Crippen LogP contribution in [0.5, 0.6) is 0 Å². The van der Waals surface area contributed by atoms with Crippen LogP contribution in [0.1, 0.15) is 21.5 Å². The lowest BCUT2D eigenvalue weighted by Gasteiger charge is -2.28. The first kappa shape index (κ1) is 21.9. The van der Waals surface area contributed by atoms with Crippen molar-refractivity contribution in [3.8, 4) is 0 Å². The van der Waals surface area contributed by atoms with E-state index in [9.17, 15) is 13.2 Å². The number of amides is 1. The minimum Gasteiger partial charge on any atom is -0.322 e. The van der Waals surface area contributed by atoms with E-state index in [-0.39, 0.29) is 15.5 Å². The number of halogens is 1. The van der Waals surface area contributed by atoms with Crippen molar-refractivity contribution in [2.45, 2.75) is 22.8 Å². The Hall–Kier alpha value is -2.32. The van der Waals surface area contributed by atoms with Gasteiger partial charge in [-0.2, -0.15) is 4.31 Å². The fourth-order valence-electron chi connectivity index (χ4n) is 3.56. The summed E-state index contributed by atoms with van der Waals surface area (Å²) in [4.78, 5) is 13.9. The summed E-state index contributed by atoms with van der Waals surface area (Å²) in [5, 5.41) is 3.00. The van der Waals surface area contributed by atoms with Crippen molar-refractivity contribution in [1.82, 2.24) is 4.31 Å². The SMILES string of the molecule is CSc1cccc(NC(=O)c2cc(S(=O)(=O)N3CCc4ccccc4C3)ccc2Cl)c1. The van der Waals surface area contributed by atoms with E-state index in [1.54, 1.807) is 17.8 Å². The smallest absolute Gasteiger partial charge is 0.257 e. The Bertz CT molecular complexity index is 1250. The molecule has 4 rings (SSSR count). The minimum atomic E-state index is -3.77. The van der Waals surface area contributed by atoms with E-state index in [0.29, 0.717) is 25.2 Å². The Morgan fingerprint density at radius 1 is 1.03 bits per heavy atom. The van der Waals surface area contributed by atoms with E-state index in [1.807, 2.05) is 48.7 Å². The molecule has 0 aliphatic carbocycles. The van der Waals surface area contributed by atoms with Gasteiger partial charge in [-0.15, -0.1) is 11.8 Å². The predicted octanol–water partition coefficient (Wildman–Crippen LogP) is 5.06. The number of nitrogens with one attached hydrogen (secondary N) is 1. The van der Waals surface area contributed by atoms with Gasteiger partial charge in [0.05, 0.1) is 15.5 Å². The van der Waals surface area contributed by atoms with Crippen molar-refractivity contribution in [2.24, 2.45) is 0 Å². The van der Waals surface area contributed by atoms with Crippen molar-refractivity contribution in [3.05, 3.63) is 88.4 Å². The van der Waals surface area contributed by atoms with Gasteiger partial charge in [0.25, 0.3) is 5.91 Å². The second kappa shape index (κ2) is 9.04. The van der Waals surface area contributed by atoms with Gasteiger partial charge in [0.2, 0.25) is 10.0 Å². The van der Waals surface area contributed by atoms with Gasteiger partial charge < -0.3 is 5.32 Å². The van der Waals surface area contributed by atoms with Crippen LogP contribution < -0.4 is 5.32 Å². The molecule has 31 heavy (non-hydrogen) atoms. The number of fused-ring (bicyclic) bond motifs is 1. The highest BCUT2D eigenvalue weighted by Gasteiger charge is 2.29. The van der Waals surface area contributed by atoms with Crippen molar-refractivity contribution >= 4 is 45.0 Å². The molecule has 3 aromatic rings. The van der Waals surface area contributed by atoms with Crippen LogP contribution in [0.25, 0.3) is 0 Å². The maximum Gasteiger partial charge on any atom is 0.257 e. The molecule has 8 heteroatoms. The van der Waals surface area contributed by atoms with Gasteiger partial charge in [-0.05, 0) is 60.2 Å². The van der Waals surface area contributed by atoms with Crippen LogP contribution in [0.3, 0.4) is 0 Å². The molecule has 0 radical (unpaired) electrons. The minimum absolute atomic E-state index is 0.0549. The summed E-state index contributed by atoms with van der Waals surface area (Å²) in [6, 6.07) is 19.5. The number of nitrogens with zero attached hydrogens (tertiary/aromatic N) is 1. The van der Waals surface area contributed by atoms with E-state index >= 15 is 0 Å². The van der Waals surface area contributed by atoms with E-state index < -0.39 is 15.9 Å². The fourth-order valence-corrected chi connectivity index (χ4v) is 5.67. The Labute approximate surface area is 191 Å². The zero-order valence-electron chi connectivity index (χ0n) is 16.8. The lowest BCUT2D eigenvalue weighted by atomic mass is 10.0. The first-order valence-electron chi connectivity index (χ1n) is 9.70. The van der Waals surface area contributed by atoms with E-state index in [1.165, 1.54) is 22.5 Å². The molecule has 160 valence electrons. The number of sulfonamides is 1. The molecule has 3 aromatic carbocycles. The topological polar surface area (TPSA) is 66.5 Å². The van der Waals surface area contributed by atoms with Gasteiger partial charge in [0.1, 0.15) is 0 Å². The number of thioether (sulfide) groups is 1. The molecule has 0 aromatic heterocycles. The molecule has 0 saturated carbocycles. The molecule has 0 bridgehead atoms.